The van der Waals surface area contributed by atoms with E-state index in [0.29, 0.717) is 27.6 Å². The van der Waals surface area contributed by atoms with Gasteiger partial charge >= 0.3 is 0 Å². The van der Waals surface area contributed by atoms with E-state index in [2.05, 4.69) is 24.3 Å². The highest BCUT2D eigenvalue weighted by Gasteiger charge is 2.22. The molecule has 21 heavy (non-hydrogen) atoms. The second-order valence-corrected chi connectivity index (χ2v) is 7.06. The van der Waals surface area contributed by atoms with E-state index in [1.54, 1.807) is 6.07 Å². The standard InChI is InChI=1S/C16H14ClNOS2/c17-13-8-11(16(18)20)5-6-14(13)19-9-12-7-10-3-1-2-4-15(10)21-12/h1-6,8,12H,7,9H2,(H2,18,20). The molecule has 2 N–H and O–H groups in total. The Labute approximate surface area is 138 Å². The summed E-state index contributed by atoms with van der Waals surface area (Å²) in [5.41, 5.74) is 7.73. The topological polar surface area (TPSA) is 35.2 Å². The van der Waals surface area contributed by atoms with Crippen LogP contribution in [0.5, 0.6) is 5.75 Å². The van der Waals surface area contributed by atoms with Gasteiger partial charge in [0.05, 0.1) is 5.02 Å². The summed E-state index contributed by atoms with van der Waals surface area (Å²) in [5.74, 6) is 0.674. The third kappa shape index (κ3) is 3.34. The zero-order chi connectivity index (χ0) is 14.8. The molecule has 0 aromatic heterocycles. The summed E-state index contributed by atoms with van der Waals surface area (Å²) in [6.07, 6.45) is 1.03. The van der Waals surface area contributed by atoms with E-state index in [1.807, 2.05) is 23.9 Å². The fourth-order valence-electron chi connectivity index (χ4n) is 2.30. The highest BCUT2D eigenvalue weighted by molar-refractivity contribution is 8.00. The van der Waals surface area contributed by atoms with E-state index in [1.165, 1.54) is 10.5 Å². The van der Waals surface area contributed by atoms with Crippen LogP contribution in [-0.4, -0.2) is 16.8 Å². The number of ether oxygens (including phenoxy) is 1. The first-order chi connectivity index (χ1) is 10.1. The minimum atomic E-state index is 0.338. The molecule has 0 saturated heterocycles. The van der Waals surface area contributed by atoms with E-state index >= 15 is 0 Å². The molecule has 2 nitrogen and oxygen atoms in total. The summed E-state index contributed by atoms with van der Waals surface area (Å²) in [6.45, 7) is 0.630. The van der Waals surface area contributed by atoms with Crippen molar-refractivity contribution in [3.8, 4) is 5.75 Å². The number of hydrogen-bond acceptors (Lipinski definition) is 3. The van der Waals surface area contributed by atoms with Gasteiger partial charge in [0.25, 0.3) is 0 Å². The van der Waals surface area contributed by atoms with Gasteiger partial charge in [0.15, 0.2) is 0 Å². The number of rotatable bonds is 4. The van der Waals surface area contributed by atoms with Crippen molar-refractivity contribution in [1.29, 1.82) is 0 Å². The second-order valence-electron chi connectivity index (χ2n) is 4.87. The summed E-state index contributed by atoms with van der Waals surface area (Å²) in [7, 11) is 0. The Bertz CT molecular complexity index is 665. The van der Waals surface area contributed by atoms with Crippen LogP contribution < -0.4 is 10.5 Å². The Morgan fingerprint density at radius 2 is 2.14 bits per heavy atom. The lowest BCUT2D eigenvalue weighted by Crippen LogP contribution is -2.14. The van der Waals surface area contributed by atoms with Gasteiger partial charge in [-0.15, -0.1) is 11.8 Å². The van der Waals surface area contributed by atoms with Gasteiger partial charge in [0.2, 0.25) is 0 Å². The average Bonchev–Trinajstić information content (AvgIpc) is 2.88. The lowest BCUT2D eigenvalue weighted by molar-refractivity contribution is 0.318. The molecule has 0 spiro atoms. The number of fused-ring (bicyclic) bond motifs is 1. The fourth-order valence-corrected chi connectivity index (χ4v) is 3.88. The van der Waals surface area contributed by atoms with E-state index in [0.717, 1.165) is 12.0 Å². The lowest BCUT2D eigenvalue weighted by Gasteiger charge is -2.12. The maximum absolute atomic E-state index is 6.20. The van der Waals surface area contributed by atoms with Crippen LogP contribution in [0.15, 0.2) is 47.4 Å². The number of nitrogens with two attached hydrogens (primary N) is 1. The van der Waals surface area contributed by atoms with Crippen LogP contribution in [0.4, 0.5) is 0 Å². The SMILES string of the molecule is NC(=S)c1ccc(OCC2Cc3ccccc3S2)c(Cl)c1. The molecule has 0 aliphatic carbocycles. The Hall–Kier alpha value is -1.23. The maximum Gasteiger partial charge on any atom is 0.137 e. The van der Waals surface area contributed by atoms with Crippen LogP contribution in [0.1, 0.15) is 11.1 Å². The first-order valence-electron chi connectivity index (χ1n) is 6.60. The largest absolute Gasteiger partial charge is 0.491 e. The summed E-state index contributed by atoms with van der Waals surface area (Å²) >= 11 is 13.0. The zero-order valence-corrected chi connectivity index (χ0v) is 13.6. The summed E-state index contributed by atoms with van der Waals surface area (Å²) in [4.78, 5) is 1.69. The van der Waals surface area contributed by atoms with Crippen LogP contribution in [-0.2, 0) is 6.42 Å². The van der Waals surface area contributed by atoms with Crippen LogP contribution in [0.2, 0.25) is 5.02 Å². The number of halogens is 1. The molecule has 5 heteroatoms. The van der Waals surface area contributed by atoms with Gasteiger partial charge in [-0.1, -0.05) is 42.0 Å². The van der Waals surface area contributed by atoms with Crippen LogP contribution >= 0.6 is 35.6 Å². The quantitative estimate of drug-likeness (QED) is 0.854. The minimum Gasteiger partial charge on any atom is -0.491 e. The van der Waals surface area contributed by atoms with Gasteiger partial charge in [-0.2, -0.15) is 0 Å². The van der Waals surface area contributed by atoms with Crippen LogP contribution in [0, 0.1) is 0 Å². The van der Waals surface area contributed by atoms with Crippen LogP contribution in [0.25, 0.3) is 0 Å². The molecule has 0 amide bonds. The molecule has 1 aliphatic heterocycles. The molecule has 0 bridgehead atoms. The monoisotopic (exact) mass is 335 g/mol. The van der Waals surface area contributed by atoms with Gasteiger partial charge in [-0.25, -0.2) is 0 Å². The molecule has 3 rings (SSSR count). The Balaban J connectivity index is 1.63. The third-order valence-corrected chi connectivity index (χ3v) is 5.17. The summed E-state index contributed by atoms with van der Waals surface area (Å²) in [6, 6.07) is 13.9. The number of benzene rings is 2. The van der Waals surface area contributed by atoms with Crippen molar-refractivity contribution >= 4 is 40.6 Å². The number of thioether (sulfide) groups is 1. The zero-order valence-electron chi connectivity index (χ0n) is 11.2. The Morgan fingerprint density at radius 3 is 2.86 bits per heavy atom. The highest BCUT2D eigenvalue weighted by Crippen LogP contribution is 2.37. The van der Waals surface area contributed by atoms with Crippen molar-refractivity contribution in [1.82, 2.24) is 0 Å². The van der Waals surface area contributed by atoms with Crippen molar-refractivity contribution in [3.63, 3.8) is 0 Å². The maximum atomic E-state index is 6.20. The highest BCUT2D eigenvalue weighted by atomic mass is 35.5. The minimum absolute atomic E-state index is 0.338. The van der Waals surface area contributed by atoms with E-state index in [-0.39, 0.29) is 0 Å². The number of hydrogen-bond donors (Lipinski definition) is 1. The molecule has 1 heterocycles. The first kappa shape index (κ1) is 14.7. The van der Waals surface area contributed by atoms with E-state index in [9.17, 15) is 0 Å². The van der Waals surface area contributed by atoms with Gasteiger partial charge in [0.1, 0.15) is 17.3 Å². The molecule has 2 aromatic rings. The molecule has 1 unspecified atom stereocenters. The number of thiocarbonyl (C=S) groups is 1. The average molecular weight is 336 g/mol. The lowest BCUT2D eigenvalue weighted by atomic mass is 10.1. The Morgan fingerprint density at radius 1 is 1.33 bits per heavy atom. The molecule has 1 aliphatic rings. The third-order valence-electron chi connectivity index (χ3n) is 3.35. The molecule has 0 radical (unpaired) electrons. The summed E-state index contributed by atoms with van der Waals surface area (Å²) in [5, 5.41) is 0.967. The van der Waals surface area contributed by atoms with Crippen molar-refractivity contribution in [2.45, 2.75) is 16.6 Å². The molecule has 108 valence electrons. The van der Waals surface area contributed by atoms with Crippen molar-refractivity contribution in [2.75, 3.05) is 6.61 Å². The molecule has 2 aromatic carbocycles. The normalized spacial score (nSPS) is 16.5. The van der Waals surface area contributed by atoms with E-state index in [4.69, 9.17) is 34.3 Å². The molecule has 1 atom stereocenters. The second kappa shape index (κ2) is 6.26. The molecular formula is C16H14ClNOS2. The smallest absolute Gasteiger partial charge is 0.137 e. The summed E-state index contributed by atoms with van der Waals surface area (Å²) < 4.78 is 5.85. The first-order valence-corrected chi connectivity index (χ1v) is 8.27. The van der Waals surface area contributed by atoms with Crippen molar-refractivity contribution in [2.24, 2.45) is 5.73 Å². The predicted octanol–water partition coefficient (Wildman–Crippen LogP) is 4.07. The van der Waals surface area contributed by atoms with Gasteiger partial charge in [-0.3, -0.25) is 0 Å². The fraction of sp³-hybridized carbons (Fsp3) is 0.188. The molecular weight excluding hydrogens is 322 g/mol. The van der Waals surface area contributed by atoms with Gasteiger partial charge in [0, 0.05) is 15.7 Å². The van der Waals surface area contributed by atoms with Gasteiger partial charge < -0.3 is 10.5 Å². The van der Waals surface area contributed by atoms with Gasteiger partial charge in [-0.05, 0) is 36.2 Å². The van der Waals surface area contributed by atoms with Crippen molar-refractivity contribution < 1.29 is 4.74 Å². The molecule has 0 saturated carbocycles. The van der Waals surface area contributed by atoms with E-state index < -0.39 is 0 Å². The van der Waals surface area contributed by atoms with Crippen LogP contribution in [0.3, 0.4) is 0 Å². The van der Waals surface area contributed by atoms with Crippen molar-refractivity contribution in [3.05, 3.63) is 58.6 Å². The predicted molar refractivity (Wildman–Crippen MR) is 92.6 cm³/mol. The Kier molecular flexibility index (Phi) is 4.38. The molecule has 0 fully saturated rings.